The third-order valence-corrected chi connectivity index (χ3v) is 4.11. The molecular weight excluding hydrogens is 322 g/mol. The number of amides is 1. The fourth-order valence-corrected chi connectivity index (χ4v) is 2.65. The lowest BCUT2D eigenvalue weighted by Crippen LogP contribution is -2.41. The molecule has 0 saturated carbocycles. The maximum absolute atomic E-state index is 12.5. The molecule has 0 aliphatic heterocycles. The van der Waals surface area contributed by atoms with Crippen LogP contribution in [-0.2, 0) is 16.1 Å². The van der Waals surface area contributed by atoms with Crippen molar-refractivity contribution in [3.05, 3.63) is 40.4 Å². The van der Waals surface area contributed by atoms with Crippen LogP contribution < -0.4 is 10.9 Å². The molecule has 1 unspecified atom stereocenters. The Kier molecular flexibility index (Phi) is 6.27. The quantitative estimate of drug-likeness (QED) is 0.760. The number of para-hydroxylation sites is 1. The van der Waals surface area contributed by atoms with Crippen molar-refractivity contribution < 1.29 is 14.7 Å². The first-order valence-corrected chi connectivity index (χ1v) is 8.41. The van der Waals surface area contributed by atoms with Crippen molar-refractivity contribution in [1.82, 2.24) is 14.9 Å². The van der Waals surface area contributed by atoms with Gasteiger partial charge in [0.15, 0.2) is 0 Å². The van der Waals surface area contributed by atoms with Gasteiger partial charge in [0.1, 0.15) is 6.04 Å². The highest BCUT2D eigenvalue weighted by Gasteiger charge is 2.19. The van der Waals surface area contributed by atoms with Gasteiger partial charge >= 0.3 is 5.97 Å². The van der Waals surface area contributed by atoms with Gasteiger partial charge in [-0.2, -0.15) is 0 Å². The van der Waals surface area contributed by atoms with E-state index in [2.05, 4.69) is 10.3 Å². The molecule has 1 atom stereocenters. The summed E-state index contributed by atoms with van der Waals surface area (Å²) in [5, 5.41) is 12.2. The van der Waals surface area contributed by atoms with E-state index in [0.29, 0.717) is 17.3 Å². The number of hydrogen-bond donors (Lipinski definition) is 2. The van der Waals surface area contributed by atoms with Gasteiger partial charge in [0.05, 0.1) is 17.2 Å². The first-order chi connectivity index (χ1) is 11.9. The summed E-state index contributed by atoms with van der Waals surface area (Å²) in [7, 11) is 0. The number of benzene rings is 1. The van der Waals surface area contributed by atoms with E-state index in [1.165, 1.54) is 10.9 Å². The van der Waals surface area contributed by atoms with E-state index in [0.717, 1.165) is 18.4 Å². The molecule has 1 heterocycles. The summed E-state index contributed by atoms with van der Waals surface area (Å²) in [5.41, 5.74) is 1.36. The summed E-state index contributed by atoms with van der Waals surface area (Å²) >= 11 is 0. The maximum Gasteiger partial charge on any atom is 0.326 e. The van der Waals surface area contributed by atoms with Crippen molar-refractivity contribution in [3.63, 3.8) is 0 Å². The number of aryl methyl sites for hydroxylation is 2. The molecule has 0 bridgehead atoms. The van der Waals surface area contributed by atoms with Crippen molar-refractivity contribution >= 4 is 22.8 Å². The van der Waals surface area contributed by atoms with E-state index in [9.17, 15) is 14.4 Å². The van der Waals surface area contributed by atoms with Crippen molar-refractivity contribution in [2.75, 3.05) is 0 Å². The zero-order chi connectivity index (χ0) is 18.4. The van der Waals surface area contributed by atoms with Gasteiger partial charge in [0, 0.05) is 13.0 Å². The van der Waals surface area contributed by atoms with Crippen LogP contribution in [0.15, 0.2) is 29.3 Å². The third-order valence-electron chi connectivity index (χ3n) is 4.11. The summed E-state index contributed by atoms with van der Waals surface area (Å²) < 4.78 is 1.38. The van der Waals surface area contributed by atoms with Crippen LogP contribution in [0.2, 0.25) is 0 Å². The molecule has 2 rings (SSSR count). The van der Waals surface area contributed by atoms with Gasteiger partial charge in [0.2, 0.25) is 5.91 Å². The predicted molar refractivity (Wildman–Crippen MR) is 94.4 cm³/mol. The number of unbranched alkanes of at least 4 members (excludes halogenated alkanes) is 1. The smallest absolute Gasteiger partial charge is 0.326 e. The number of nitrogens with one attached hydrogen (secondary N) is 1. The van der Waals surface area contributed by atoms with Crippen LogP contribution >= 0.6 is 0 Å². The lowest BCUT2D eigenvalue weighted by Gasteiger charge is -2.14. The highest BCUT2D eigenvalue weighted by atomic mass is 16.4. The SMILES string of the molecule is CCCCC(NC(=O)CCn1cnc2c(C)cccc2c1=O)C(=O)O. The number of carbonyl (C=O) groups excluding carboxylic acids is 1. The Morgan fingerprint density at radius 1 is 1.36 bits per heavy atom. The van der Waals surface area contributed by atoms with Gasteiger partial charge in [0.25, 0.3) is 5.56 Å². The fraction of sp³-hybridized carbons (Fsp3) is 0.444. The second-order valence-electron chi connectivity index (χ2n) is 6.06. The number of rotatable bonds is 8. The third kappa shape index (κ3) is 4.65. The number of carbonyl (C=O) groups is 2. The number of carboxylic acid groups (broad SMARTS) is 1. The molecule has 1 aromatic carbocycles. The summed E-state index contributed by atoms with van der Waals surface area (Å²) in [6.07, 6.45) is 3.43. The lowest BCUT2D eigenvalue weighted by atomic mass is 10.1. The van der Waals surface area contributed by atoms with Crippen LogP contribution in [-0.4, -0.2) is 32.6 Å². The highest BCUT2D eigenvalue weighted by Crippen LogP contribution is 2.11. The van der Waals surface area contributed by atoms with E-state index in [-0.39, 0.29) is 24.4 Å². The molecule has 0 fully saturated rings. The average Bonchev–Trinajstić information content (AvgIpc) is 2.58. The van der Waals surface area contributed by atoms with Gasteiger partial charge in [-0.1, -0.05) is 31.9 Å². The predicted octanol–water partition coefficient (Wildman–Crippen LogP) is 1.85. The number of nitrogens with zero attached hydrogens (tertiary/aromatic N) is 2. The number of hydrogen-bond acceptors (Lipinski definition) is 4. The largest absolute Gasteiger partial charge is 0.480 e. The molecule has 25 heavy (non-hydrogen) atoms. The molecule has 2 aromatic rings. The van der Waals surface area contributed by atoms with Crippen LogP contribution in [0.3, 0.4) is 0 Å². The second kappa shape index (κ2) is 8.41. The molecule has 0 radical (unpaired) electrons. The Balaban J connectivity index is 2.04. The maximum atomic E-state index is 12.5. The molecule has 1 amide bonds. The van der Waals surface area contributed by atoms with Crippen LogP contribution in [0, 0.1) is 6.92 Å². The number of carboxylic acids is 1. The van der Waals surface area contributed by atoms with Gasteiger partial charge in [-0.25, -0.2) is 9.78 Å². The number of aliphatic carboxylic acids is 1. The van der Waals surface area contributed by atoms with Crippen molar-refractivity contribution in [2.24, 2.45) is 0 Å². The number of fused-ring (bicyclic) bond motifs is 1. The van der Waals surface area contributed by atoms with Gasteiger partial charge < -0.3 is 10.4 Å². The summed E-state index contributed by atoms with van der Waals surface area (Å²) in [6.45, 7) is 4.00. The average molecular weight is 345 g/mol. The Morgan fingerprint density at radius 2 is 2.12 bits per heavy atom. The number of aromatic nitrogens is 2. The monoisotopic (exact) mass is 345 g/mol. The van der Waals surface area contributed by atoms with Gasteiger partial charge in [-0.3, -0.25) is 14.2 Å². The van der Waals surface area contributed by atoms with Crippen LogP contribution in [0.4, 0.5) is 0 Å². The van der Waals surface area contributed by atoms with E-state index in [1.54, 1.807) is 12.1 Å². The zero-order valence-corrected chi connectivity index (χ0v) is 14.5. The molecular formula is C18H23N3O4. The fourth-order valence-electron chi connectivity index (χ4n) is 2.65. The first kappa shape index (κ1) is 18.6. The van der Waals surface area contributed by atoms with Crippen LogP contribution in [0.25, 0.3) is 10.9 Å². The minimum absolute atomic E-state index is 0.0226. The van der Waals surface area contributed by atoms with Crippen molar-refractivity contribution in [3.8, 4) is 0 Å². The van der Waals surface area contributed by atoms with E-state index >= 15 is 0 Å². The van der Waals surface area contributed by atoms with E-state index in [4.69, 9.17) is 5.11 Å². The Labute approximate surface area is 145 Å². The first-order valence-electron chi connectivity index (χ1n) is 8.41. The van der Waals surface area contributed by atoms with Crippen LogP contribution in [0.5, 0.6) is 0 Å². The van der Waals surface area contributed by atoms with Gasteiger partial charge in [-0.15, -0.1) is 0 Å². The van der Waals surface area contributed by atoms with Crippen molar-refractivity contribution in [2.45, 2.75) is 52.1 Å². The normalized spacial score (nSPS) is 12.1. The topological polar surface area (TPSA) is 101 Å². The molecule has 134 valence electrons. The van der Waals surface area contributed by atoms with Crippen molar-refractivity contribution in [1.29, 1.82) is 0 Å². The molecule has 1 aromatic heterocycles. The highest BCUT2D eigenvalue weighted by molar-refractivity contribution is 5.83. The molecule has 0 saturated heterocycles. The lowest BCUT2D eigenvalue weighted by molar-refractivity contribution is -0.142. The molecule has 7 nitrogen and oxygen atoms in total. The van der Waals surface area contributed by atoms with Gasteiger partial charge in [-0.05, 0) is 25.0 Å². The molecule has 7 heteroatoms. The summed E-state index contributed by atoms with van der Waals surface area (Å²) in [6, 6.07) is 4.50. The Bertz CT molecular complexity index is 829. The zero-order valence-electron chi connectivity index (χ0n) is 14.5. The standard InChI is InChI=1S/C18H23N3O4/c1-3-4-8-14(18(24)25)20-15(22)9-10-21-11-19-16-12(2)6-5-7-13(16)17(21)23/h5-7,11,14H,3-4,8-10H2,1-2H3,(H,20,22)(H,24,25). The Hall–Kier alpha value is -2.70. The minimum atomic E-state index is -1.04. The van der Waals surface area contributed by atoms with E-state index < -0.39 is 12.0 Å². The minimum Gasteiger partial charge on any atom is -0.480 e. The van der Waals surface area contributed by atoms with E-state index in [1.807, 2.05) is 19.9 Å². The van der Waals surface area contributed by atoms with Crippen LogP contribution in [0.1, 0.15) is 38.2 Å². The Morgan fingerprint density at radius 3 is 2.80 bits per heavy atom. The summed E-state index contributed by atoms with van der Waals surface area (Å²) in [4.78, 5) is 39.9. The summed E-state index contributed by atoms with van der Waals surface area (Å²) in [5.74, 6) is -1.43. The second-order valence-corrected chi connectivity index (χ2v) is 6.06. The molecule has 0 aliphatic carbocycles. The molecule has 0 spiro atoms. The molecule has 0 aliphatic rings. The molecule has 2 N–H and O–H groups in total.